The van der Waals surface area contributed by atoms with Gasteiger partial charge < -0.3 is 9.84 Å². The van der Waals surface area contributed by atoms with Gasteiger partial charge in [-0.2, -0.15) is 13.2 Å². The summed E-state index contributed by atoms with van der Waals surface area (Å²) in [5.41, 5.74) is 0.465. The van der Waals surface area contributed by atoms with Gasteiger partial charge >= 0.3 is 12.1 Å². The van der Waals surface area contributed by atoms with Gasteiger partial charge in [0.25, 0.3) is 5.82 Å². The Bertz CT molecular complexity index is 650. The number of benzene rings is 1. The highest BCUT2D eigenvalue weighted by Gasteiger charge is 2.28. The van der Waals surface area contributed by atoms with Crippen molar-refractivity contribution in [2.75, 3.05) is 6.61 Å². The number of carbonyl (C=O) groups is 1. The van der Waals surface area contributed by atoms with Crippen LogP contribution in [0.3, 0.4) is 0 Å². The Labute approximate surface area is 116 Å². The first-order valence-electron chi connectivity index (χ1n) is 5.73. The van der Waals surface area contributed by atoms with E-state index in [1.807, 2.05) is 0 Å². The minimum atomic E-state index is -4.41. The molecule has 0 saturated heterocycles. The molecule has 0 atom stereocenters. The number of carboxylic acid groups (broad SMARTS) is 1. The molecule has 0 unspecified atom stereocenters. The van der Waals surface area contributed by atoms with Gasteiger partial charge in [0.2, 0.25) is 0 Å². The number of carboxylic acids is 1. The van der Waals surface area contributed by atoms with E-state index < -0.39 is 18.8 Å². The average molecular weight is 301 g/mol. The molecule has 1 N–H and O–H groups in total. The highest BCUT2D eigenvalue weighted by molar-refractivity contribution is 5.83. The monoisotopic (exact) mass is 301 g/mol. The Balaban J connectivity index is 2.17. The number of ether oxygens (including phenoxy) is 1. The number of aromatic carboxylic acids is 1. The van der Waals surface area contributed by atoms with Crippen LogP contribution in [0.2, 0.25) is 0 Å². The van der Waals surface area contributed by atoms with Gasteiger partial charge in [0.1, 0.15) is 11.6 Å². The van der Waals surface area contributed by atoms with Crippen molar-refractivity contribution < 1.29 is 27.8 Å². The van der Waals surface area contributed by atoms with Gasteiger partial charge in [-0.3, -0.25) is 0 Å². The third-order valence-corrected chi connectivity index (χ3v) is 2.44. The highest BCUT2D eigenvalue weighted by atomic mass is 19.4. The maximum Gasteiger partial charge on any atom is 0.422 e. The Morgan fingerprint density at radius 1 is 1.33 bits per heavy atom. The molecule has 0 aliphatic heterocycles. The van der Waals surface area contributed by atoms with Crippen LogP contribution in [0.15, 0.2) is 24.3 Å². The van der Waals surface area contributed by atoms with Crippen LogP contribution >= 0.6 is 0 Å². The summed E-state index contributed by atoms with van der Waals surface area (Å²) in [5.74, 6) is -1.23. The molecule has 0 amide bonds. The number of aryl methyl sites for hydroxylation is 1. The zero-order valence-corrected chi connectivity index (χ0v) is 10.8. The van der Waals surface area contributed by atoms with Crippen molar-refractivity contribution in [1.29, 1.82) is 0 Å². The Morgan fingerprint density at radius 3 is 2.43 bits per heavy atom. The summed E-state index contributed by atoms with van der Waals surface area (Å²) in [5, 5.41) is 12.6. The fourth-order valence-electron chi connectivity index (χ4n) is 1.57. The highest BCUT2D eigenvalue weighted by Crippen LogP contribution is 2.20. The minimum Gasteiger partial charge on any atom is -0.484 e. The number of hydrogen-bond donors (Lipinski definition) is 1. The fraction of sp³-hybridized carbons (Fsp3) is 0.250. The summed E-state index contributed by atoms with van der Waals surface area (Å²) >= 11 is 0. The summed E-state index contributed by atoms with van der Waals surface area (Å²) in [6.45, 7) is 0.186. The molecule has 1 aromatic carbocycles. The molecule has 0 aliphatic carbocycles. The fourth-order valence-corrected chi connectivity index (χ4v) is 1.57. The molecule has 112 valence electrons. The van der Waals surface area contributed by atoms with E-state index in [9.17, 15) is 18.0 Å². The lowest BCUT2D eigenvalue weighted by atomic mass is 10.3. The summed E-state index contributed by atoms with van der Waals surface area (Å²) in [6, 6.07) is 5.59. The average Bonchev–Trinajstić information content (AvgIpc) is 2.78. The first-order valence-corrected chi connectivity index (χ1v) is 5.73. The maximum absolute atomic E-state index is 12.0. The molecule has 6 nitrogen and oxygen atoms in total. The Hall–Kier alpha value is -2.58. The van der Waals surface area contributed by atoms with Gasteiger partial charge in [-0.1, -0.05) is 0 Å². The van der Waals surface area contributed by atoms with Crippen molar-refractivity contribution >= 4 is 5.97 Å². The molecule has 0 aliphatic rings. The van der Waals surface area contributed by atoms with E-state index in [4.69, 9.17) is 5.11 Å². The van der Waals surface area contributed by atoms with Crippen LogP contribution in [0.4, 0.5) is 13.2 Å². The van der Waals surface area contributed by atoms with Gasteiger partial charge in [-0.05, 0) is 31.2 Å². The molecule has 0 saturated carbocycles. The zero-order chi connectivity index (χ0) is 15.6. The largest absolute Gasteiger partial charge is 0.484 e. The molecular formula is C12H10F3N3O3. The van der Waals surface area contributed by atoms with Gasteiger partial charge in [0, 0.05) is 0 Å². The van der Waals surface area contributed by atoms with Gasteiger partial charge in [0.15, 0.2) is 6.61 Å². The van der Waals surface area contributed by atoms with Crippen molar-refractivity contribution in [3.63, 3.8) is 0 Å². The lowest BCUT2D eigenvalue weighted by Gasteiger charge is -2.09. The zero-order valence-electron chi connectivity index (χ0n) is 10.8. The van der Waals surface area contributed by atoms with Crippen LogP contribution in [0, 0.1) is 6.92 Å². The number of rotatable bonds is 4. The molecule has 2 aromatic rings. The second-order valence-electron chi connectivity index (χ2n) is 4.10. The first-order chi connectivity index (χ1) is 9.76. The molecule has 0 spiro atoms. The topological polar surface area (TPSA) is 77.2 Å². The smallest absolute Gasteiger partial charge is 0.422 e. The number of aromatic nitrogens is 3. The summed E-state index contributed by atoms with van der Waals surface area (Å²) in [7, 11) is 0. The maximum atomic E-state index is 12.0. The second-order valence-corrected chi connectivity index (χ2v) is 4.10. The normalized spacial score (nSPS) is 11.4. The standard InChI is InChI=1S/C12H10F3N3O3/c1-7-16-10(11(19)20)17-18(7)8-2-4-9(5-3-8)21-6-12(13,14)15/h2-5H,6H2,1H3,(H,19,20). The third-order valence-electron chi connectivity index (χ3n) is 2.44. The van der Waals surface area contributed by atoms with Gasteiger partial charge in [0.05, 0.1) is 5.69 Å². The molecule has 0 bridgehead atoms. The molecule has 0 fully saturated rings. The number of alkyl halides is 3. The SMILES string of the molecule is Cc1nc(C(=O)O)nn1-c1ccc(OCC(F)(F)F)cc1. The molecular weight excluding hydrogens is 291 g/mol. The van der Waals surface area contributed by atoms with Crippen LogP contribution < -0.4 is 4.74 Å². The van der Waals surface area contributed by atoms with E-state index in [1.54, 1.807) is 6.92 Å². The van der Waals surface area contributed by atoms with E-state index in [0.29, 0.717) is 11.5 Å². The van der Waals surface area contributed by atoms with Gasteiger partial charge in [-0.25, -0.2) is 14.5 Å². The molecule has 9 heteroatoms. The van der Waals surface area contributed by atoms with E-state index in [2.05, 4.69) is 14.8 Å². The summed E-state index contributed by atoms with van der Waals surface area (Å²) < 4.78 is 41.9. The van der Waals surface area contributed by atoms with Crippen molar-refractivity contribution in [3.8, 4) is 11.4 Å². The molecule has 1 heterocycles. The minimum absolute atomic E-state index is 0.0484. The van der Waals surface area contributed by atoms with Crippen LogP contribution in [-0.4, -0.2) is 38.6 Å². The predicted molar refractivity (Wildman–Crippen MR) is 64.6 cm³/mol. The van der Waals surface area contributed by atoms with E-state index in [0.717, 1.165) is 0 Å². The van der Waals surface area contributed by atoms with E-state index >= 15 is 0 Å². The molecule has 2 rings (SSSR count). The lowest BCUT2D eigenvalue weighted by Crippen LogP contribution is -2.19. The van der Waals surface area contributed by atoms with Crippen molar-refractivity contribution in [1.82, 2.24) is 14.8 Å². The Morgan fingerprint density at radius 2 is 1.95 bits per heavy atom. The van der Waals surface area contributed by atoms with Crippen LogP contribution in [0.1, 0.15) is 16.4 Å². The lowest BCUT2D eigenvalue weighted by molar-refractivity contribution is -0.153. The Kier molecular flexibility index (Phi) is 3.83. The summed E-state index contributed by atoms with van der Waals surface area (Å²) in [6.07, 6.45) is -4.41. The number of hydrogen-bond acceptors (Lipinski definition) is 4. The molecule has 1 aromatic heterocycles. The van der Waals surface area contributed by atoms with E-state index in [-0.39, 0.29) is 11.6 Å². The van der Waals surface area contributed by atoms with Crippen LogP contribution in [-0.2, 0) is 0 Å². The van der Waals surface area contributed by atoms with Crippen molar-refractivity contribution in [2.24, 2.45) is 0 Å². The molecule has 21 heavy (non-hydrogen) atoms. The number of halogens is 3. The number of nitrogens with zero attached hydrogens (tertiary/aromatic N) is 3. The van der Waals surface area contributed by atoms with E-state index in [1.165, 1.54) is 28.9 Å². The second kappa shape index (κ2) is 5.43. The first kappa shape index (κ1) is 14.8. The predicted octanol–water partition coefficient (Wildman–Crippen LogP) is 2.22. The quantitative estimate of drug-likeness (QED) is 0.937. The van der Waals surface area contributed by atoms with Crippen molar-refractivity contribution in [3.05, 3.63) is 35.9 Å². The van der Waals surface area contributed by atoms with Crippen molar-refractivity contribution in [2.45, 2.75) is 13.1 Å². The van der Waals surface area contributed by atoms with Gasteiger partial charge in [-0.15, -0.1) is 5.10 Å². The van der Waals surface area contributed by atoms with Crippen LogP contribution in [0.5, 0.6) is 5.75 Å². The third kappa shape index (κ3) is 3.71. The summed E-state index contributed by atoms with van der Waals surface area (Å²) in [4.78, 5) is 14.5. The molecule has 0 radical (unpaired) electrons. The van der Waals surface area contributed by atoms with Crippen LogP contribution in [0.25, 0.3) is 5.69 Å².